The van der Waals surface area contributed by atoms with Crippen LogP contribution in [0.3, 0.4) is 0 Å². The summed E-state index contributed by atoms with van der Waals surface area (Å²) < 4.78 is 24.0. The van der Waals surface area contributed by atoms with Crippen LogP contribution in [0, 0.1) is 0 Å². The topological polar surface area (TPSA) is 71.3 Å². The van der Waals surface area contributed by atoms with E-state index in [1.54, 1.807) is 46.6 Å². The fourth-order valence-electron chi connectivity index (χ4n) is 2.82. The maximum Gasteiger partial charge on any atom is 0.272 e. The minimum atomic E-state index is -0.360. The van der Waals surface area contributed by atoms with Crippen molar-refractivity contribution in [3.05, 3.63) is 46.8 Å². The summed E-state index contributed by atoms with van der Waals surface area (Å²) >= 11 is 1.40. The minimum absolute atomic E-state index is 0.360. The number of rotatable bonds is 6. The lowest BCUT2D eigenvalue weighted by molar-refractivity contribution is -0.113. The summed E-state index contributed by atoms with van der Waals surface area (Å²) in [6.45, 7) is 0. The molecule has 0 unspecified atom stereocenters. The first-order chi connectivity index (χ1) is 14.0. The first kappa shape index (κ1) is 20.5. The fourth-order valence-corrected chi connectivity index (χ4v) is 3.85. The maximum atomic E-state index is 12.4. The number of nitrogens with zero attached hydrogens (tertiary/aromatic N) is 2. The first-order valence-electron chi connectivity index (χ1n) is 8.71. The van der Waals surface area contributed by atoms with Crippen LogP contribution in [0.4, 0.5) is 0 Å². The molecule has 0 fully saturated rings. The van der Waals surface area contributed by atoms with Crippen LogP contribution in [-0.4, -0.2) is 38.9 Å². The molecule has 29 heavy (non-hydrogen) atoms. The molecule has 2 aromatic carbocycles. The number of amides is 1. The van der Waals surface area contributed by atoms with Crippen molar-refractivity contribution >= 4 is 33.5 Å². The Bertz CT molecular complexity index is 1140. The fraction of sp³-hybridized carbons (Fsp3) is 0.238. The van der Waals surface area contributed by atoms with Crippen molar-refractivity contribution in [3.63, 3.8) is 0 Å². The van der Waals surface area contributed by atoms with Crippen LogP contribution in [0.15, 0.2) is 41.4 Å². The molecule has 0 N–H and O–H groups in total. The Morgan fingerprint density at radius 1 is 0.931 bits per heavy atom. The average molecular weight is 414 g/mol. The Kier molecular flexibility index (Phi) is 6.23. The Morgan fingerprint density at radius 2 is 1.55 bits per heavy atom. The van der Waals surface area contributed by atoms with E-state index in [0.29, 0.717) is 27.8 Å². The second-order valence-electron chi connectivity index (χ2n) is 6.02. The van der Waals surface area contributed by atoms with Crippen LogP contribution in [0.1, 0.15) is 5.56 Å². The van der Waals surface area contributed by atoms with Gasteiger partial charge < -0.3 is 23.5 Å². The summed E-state index contributed by atoms with van der Waals surface area (Å²) in [5, 5.41) is 0. The number of aryl methyl sites for hydroxylation is 1. The van der Waals surface area contributed by atoms with Crippen LogP contribution < -0.4 is 23.7 Å². The highest BCUT2D eigenvalue weighted by atomic mass is 32.1. The predicted molar refractivity (Wildman–Crippen MR) is 113 cm³/mol. The van der Waals surface area contributed by atoms with Crippen molar-refractivity contribution in [2.75, 3.05) is 28.4 Å². The van der Waals surface area contributed by atoms with E-state index in [-0.39, 0.29) is 5.91 Å². The standard InChI is InChI=1S/C21H22N2O5S/c1-23-14-11-17(27-4)18(28-5)12-19(14)29-21(23)22-20(24)9-7-13-6-8-15(25-2)16(10-13)26-3/h6-12H,1-5H3. The van der Waals surface area contributed by atoms with Crippen LogP contribution in [0.25, 0.3) is 16.3 Å². The molecule has 152 valence electrons. The molecule has 3 aromatic rings. The van der Waals surface area contributed by atoms with Gasteiger partial charge in [0, 0.05) is 25.3 Å². The zero-order valence-corrected chi connectivity index (χ0v) is 17.7. The normalized spacial score (nSPS) is 11.8. The minimum Gasteiger partial charge on any atom is -0.493 e. The lowest BCUT2D eigenvalue weighted by Crippen LogP contribution is -2.12. The molecule has 0 spiro atoms. The molecule has 0 saturated carbocycles. The molecular weight excluding hydrogens is 392 g/mol. The van der Waals surface area contributed by atoms with Crippen LogP contribution in [0.2, 0.25) is 0 Å². The van der Waals surface area contributed by atoms with E-state index in [1.807, 2.05) is 29.8 Å². The molecule has 0 aliphatic heterocycles. The van der Waals surface area contributed by atoms with Gasteiger partial charge in [-0.2, -0.15) is 4.99 Å². The van der Waals surface area contributed by atoms with E-state index in [4.69, 9.17) is 18.9 Å². The summed E-state index contributed by atoms with van der Waals surface area (Å²) in [4.78, 5) is 17.2. The van der Waals surface area contributed by atoms with Gasteiger partial charge in [0.25, 0.3) is 5.91 Å². The number of ether oxygens (including phenoxy) is 4. The summed E-state index contributed by atoms with van der Waals surface area (Å²) in [6.07, 6.45) is 3.11. The molecule has 1 amide bonds. The highest BCUT2D eigenvalue weighted by Crippen LogP contribution is 2.33. The molecule has 1 heterocycles. The third-order valence-corrected chi connectivity index (χ3v) is 5.44. The SMILES string of the molecule is COc1ccc(C=CC(=O)N=c2sc3cc(OC)c(OC)cc3n2C)cc1OC. The zero-order chi connectivity index (χ0) is 21.0. The van der Waals surface area contributed by atoms with Crippen LogP contribution in [-0.2, 0) is 11.8 Å². The largest absolute Gasteiger partial charge is 0.493 e. The monoisotopic (exact) mass is 414 g/mol. The van der Waals surface area contributed by atoms with Gasteiger partial charge >= 0.3 is 0 Å². The molecule has 0 aliphatic rings. The molecule has 7 nitrogen and oxygen atoms in total. The third-order valence-electron chi connectivity index (χ3n) is 4.35. The van der Waals surface area contributed by atoms with E-state index in [1.165, 1.54) is 17.4 Å². The van der Waals surface area contributed by atoms with Crippen molar-refractivity contribution in [3.8, 4) is 23.0 Å². The zero-order valence-electron chi connectivity index (χ0n) is 16.9. The number of hydrogen-bond acceptors (Lipinski definition) is 6. The van der Waals surface area contributed by atoms with E-state index < -0.39 is 0 Å². The van der Waals surface area contributed by atoms with Gasteiger partial charge in [0.2, 0.25) is 0 Å². The van der Waals surface area contributed by atoms with Gasteiger partial charge in [0.15, 0.2) is 27.8 Å². The Labute approximate surface area is 172 Å². The van der Waals surface area contributed by atoms with Gasteiger partial charge in [-0.1, -0.05) is 17.4 Å². The molecule has 1 aromatic heterocycles. The van der Waals surface area contributed by atoms with Gasteiger partial charge in [-0.3, -0.25) is 4.79 Å². The van der Waals surface area contributed by atoms with E-state index in [9.17, 15) is 4.79 Å². The van der Waals surface area contributed by atoms with Gasteiger partial charge in [0.05, 0.1) is 38.7 Å². The molecule has 0 bridgehead atoms. The van der Waals surface area contributed by atoms with Crippen molar-refractivity contribution < 1.29 is 23.7 Å². The van der Waals surface area contributed by atoms with E-state index in [2.05, 4.69) is 4.99 Å². The number of methoxy groups -OCH3 is 4. The first-order valence-corrected chi connectivity index (χ1v) is 9.52. The number of aromatic nitrogens is 1. The summed E-state index contributed by atoms with van der Waals surface area (Å²) in [5.74, 6) is 2.12. The molecule has 3 rings (SSSR count). The van der Waals surface area contributed by atoms with E-state index >= 15 is 0 Å². The number of thiazole rings is 1. The number of benzene rings is 2. The Morgan fingerprint density at radius 3 is 2.21 bits per heavy atom. The van der Waals surface area contributed by atoms with Crippen molar-refractivity contribution in [2.45, 2.75) is 0 Å². The number of hydrogen-bond donors (Lipinski definition) is 0. The summed E-state index contributed by atoms with van der Waals surface area (Å²) in [6, 6.07) is 9.16. The highest BCUT2D eigenvalue weighted by Gasteiger charge is 2.11. The second kappa shape index (κ2) is 8.83. The smallest absolute Gasteiger partial charge is 0.272 e. The number of carbonyl (C=O) groups excluding carboxylic acids is 1. The highest BCUT2D eigenvalue weighted by molar-refractivity contribution is 7.16. The molecule has 0 atom stereocenters. The van der Waals surface area contributed by atoms with Crippen molar-refractivity contribution in [1.82, 2.24) is 4.57 Å². The van der Waals surface area contributed by atoms with Gasteiger partial charge in [-0.25, -0.2) is 0 Å². The average Bonchev–Trinajstić information content (AvgIpc) is 3.05. The lowest BCUT2D eigenvalue weighted by Gasteiger charge is -2.07. The second-order valence-corrected chi connectivity index (χ2v) is 7.03. The predicted octanol–water partition coefficient (Wildman–Crippen LogP) is 3.41. The van der Waals surface area contributed by atoms with Crippen molar-refractivity contribution in [1.29, 1.82) is 0 Å². The van der Waals surface area contributed by atoms with Gasteiger partial charge in [-0.05, 0) is 23.8 Å². The lowest BCUT2D eigenvalue weighted by atomic mass is 10.2. The molecule has 0 aliphatic carbocycles. The van der Waals surface area contributed by atoms with E-state index in [0.717, 1.165) is 15.8 Å². The Hall–Kier alpha value is -3.26. The quantitative estimate of drug-likeness (QED) is 0.578. The summed E-state index contributed by atoms with van der Waals surface area (Å²) in [7, 11) is 8.17. The molecule has 8 heteroatoms. The molecular formula is C21H22N2O5S. The molecule has 0 radical (unpaired) electrons. The number of fused-ring (bicyclic) bond motifs is 1. The van der Waals surface area contributed by atoms with Gasteiger partial charge in [0.1, 0.15) is 0 Å². The molecule has 0 saturated heterocycles. The maximum absolute atomic E-state index is 12.4. The Balaban J connectivity index is 1.91. The number of carbonyl (C=O) groups is 1. The van der Waals surface area contributed by atoms with Crippen LogP contribution in [0.5, 0.6) is 23.0 Å². The summed E-state index contributed by atoms with van der Waals surface area (Å²) in [5.41, 5.74) is 1.71. The van der Waals surface area contributed by atoms with Crippen LogP contribution >= 0.6 is 11.3 Å². The van der Waals surface area contributed by atoms with Crippen molar-refractivity contribution in [2.24, 2.45) is 12.0 Å². The third kappa shape index (κ3) is 4.27. The van der Waals surface area contributed by atoms with Gasteiger partial charge in [-0.15, -0.1) is 0 Å².